The van der Waals surface area contributed by atoms with Crippen LogP contribution in [-0.4, -0.2) is 30.7 Å². The van der Waals surface area contributed by atoms with E-state index in [4.69, 9.17) is 5.26 Å². The number of nitrogens with one attached hydrogen (secondary N) is 1. The zero-order valence-electron chi connectivity index (χ0n) is 14.4. The molecule has 3 rings (SSSR count). The molecule has 0 fully saturated rings. The summed E-state index contributed by atoms with van der Waals surface area (Å²) in [4.78, 5) is 21.8. The predicted octanol–water partition coefficient (Wildman–Crippen LogP) is 3.50. The summed E-state index contributed by atoms with van der Waals surface area (Å²) in [5.74, 6) is -0.492. The van der Waals surface area contributed by atoms with Crippen molar-refractivity contribution in [3.05, 3.63) is 47.3 Å². The van der Waals surface area contributed by atoms with E-state index in [-0.39, 0.29) is 29.2 Å². The fourth-order valence-electron chi connectivity index (χ4n) is 2.74. The first-order chi connectivity index (χ1) is 12.7. The number of anilines is 2. The van der Waals surface area contributed by atoms with Crippen LogP contribution >= 0.6 is 0 Å². The van der Waals surface area contributed by atoms with Gasteiger partial charge in [-0.25, -0.2) is 4.98 Å². The standard InChI is InChI=1S/C18H14F3N5O/c1-26(2)16-7-15-14(6-12(16)18(19,20)21)25-17(27)8-13(24-15)10-3-4-23-11(5-10)9-22/h3-7H,8H2,1-2H3,(H,25,27). The van der Waals surface area contributed by atoms with Gasteiger partial charge in [-0.2, -0.15) is 18.4 Å². The Balaban J connectivity index is 2.20. The van der Waals surface area contributed by atoms with Gasteiger partial charge in [0, 0.05) is 25.9 Å². The Hall–Kier alpha value is -3.41. The number of nitriles is 1. The third kappa shape index (κ3) is 3.74. The SMILES string of the molecule is CN(C)c1cc2c(cc1C(F)(F)F)NC(=O)CC(c1ccnc(C#N)c1)=N2. The monoisotopic (exact) mass is 373 g/mol. The number of halogens is 3. The molecule has 0 aliphatic carbocycles. The molecule has 1 aliphatic heterocycles. The second-order valence-electron chi connectivity index (χ2n) is 6.10. The third-order valence-electron chi connectivity index (χ3n) is 3.97. The van der Waals surface area contributed by atoms with E-state index in [1.54, 1.807) is 6.07 Å². The zero-order chi connectivity index (χ0) is 19.8. The van der Waals surface area contributed by atoms with E-state index in [1.165, 1.54) is 37.3 Å². The van der Waals surface area contributed by atoms with Crippen molar-refractivity contribution in [2.45, 2.75) is 12.6 Å². The van der Waals surface area contributed by atoms with Crippen LogP contribution in [0.1, 0.15) is 23.2 Å². The lowest BCUT2D eigenvalue weighted by Crippen LogP contribution is -2.18. The molecule has 2 aromatic rings. The molecule has 0 saturated carbocycles. The van der Waals surface area contributed by atoms with Crippen molar-refractivity contribution in [2.24, 2.45) is 4.99 Å². The maximum atomic E-state index is 13.4. The summed E-state index contributed by atoms with van der Waals surface area (Å²) in [5.41, 5.74) is 0.283. The van der Waals surface area contributed by atoms with Crippen LogP contribution in [0.5, 0.6) is 0 Å². The minimum Gasteiger partial charge on any atom is -0.377 e. The number of hydrogen-bond donors (Lipinski definition) is 1. The number of amides is 1. The summed E-state index contributed by atoms with van der Waals surface area (Å²) in [6.07, 6.45) is -3.30. The van der Waals surface area contributed by atoms with Crippen LogP contribution in [0.15, 0.2) is 35.5 Å². The molecule has 27 heavy (non-hydrogen) atoms. The van der Waals surface area contributed by atoms with Gasteiger partial charge in [0.15, 0.2) is 0 Å². The lowest BCUT2D eigenvalue weighted by molar-refractivity contribution is -0.137. The maximum Gasteiger partial charge on any atom is 0.418 e. The van der Waals surface area contributed by atoms with Crippen LogP contribution in [0.2, 0.25) is 0 Å². The molecular formula is C18H14F3N5O. The van der Waals surface area contributed by atoms with E-state index in [9.17, 15) is 18.0 Å². The molecule has 9 heteroatoms. The van der Waals surface area contributed by atoms with E-state index in [0.29, 0.717) is 11.3 Å². The van der Waals surface area contributed by atoms with Gasteiger partial charge in [-0.15, -0.1) is 0 Å². The summed E-state index contributed by atoms with van der Waals surface area (Å²) >= 11 is 0. The molecule has 1 aromatic carbocycles. The fraction of sp³-hybridized carbons (Fsp3) is 0.222. The molecule has 0 unspecified atom stereocenters. The van der Waals surface area contributed by atoms with Crippen molar-refractivity contribution in [2.75, 3.05) is 24.3 Å². The average molecular weight is 373 g/mol. The summed E-state index contributed by atoms with van der Waals surface area (Å²) < 4.78 is 40.2. The molecule has 2 heterocycles. The number of nitrogens with zero attached hydrogens (tertiary/aromatic N) is 4. The minimum absolute atomic E-state index is 0.0116. The predicted molar refractivity (Wildman–Crippen MR) is 94.2 cm³/mol. The van der Waals surface area contributed by atoms with Gasteiger partial charge in [0.25, 0.3) is 0 Å². The quantitative estimate of drug-likeness (QED) is 0.874. The molecule has 1 N–H and O–H groups in total. The van der Waals surface area contributed by atoms with Gasteiger partial charge in [0.1, 0.15) is 11.8 Å². The van der Waals surface area contributed by atoms with Crippen LogP contribution in [-0.2, 0) is 11.0 Å². The van der Waals surface area contributed by atoms with Crippen molar-refractivity contribution < 1.29 is 18.0 Å². The van der Waals surface area contributed by atoms with E-state index in [1.807, 2.05) is 6.07 Å². The van der Waals surface area contributed by atoms with Crippen LogP contribution in [0, 0.1) is 11.3 Å². The highest BCUT2D eigenvalue weighted by Gasteiger charge is 2.35. The minimum atomic E-state index is -4.58. The lowest BCUT2D eigenvalue weighted by atomic mass is 10.1. The van der Waals surface area contributed by atoms with Gasteiger partial charge in [-0.1, -0.05) is 0 Å². The van der Waals surface area contributed by atoms with Crippen molar-refractivity contribution in [3.63, 3.8) is 0 Å². The van der Waals surface area contributed by atoms with Crippen molar-refractivity contribution >= 4 is 28.7 Å². The molecule has 1 amide bonds. The molecule has 0 spiro atoms. The van der Waals surface area contributed by atoms with Gasteiger partial charge >= 0.3 is 6.18 Å². The Morgan fingerprint density at radius 3 is 2.63 bits per heavy atom. The number of hydrogen-bond acceptors (Lipinski definition) is 5. The Labute approximate surface area is 153 Å². The molecule has 138 valence electrons. The second-order valence-corrected chi connectivity index (χ2v) is 6.10. The zero-order valence-corrected chi connectivity index (χ0v) is 14.4. The van der Waals surface area contributed by atoms with E-state index in [0.717, 1.165) is 6.07 Å². The molecule has 1 aliphatic rings. The maximum absolute atomic E-state index is 13.4. The third-order valence-corrected chi connectivity index (χ3v) is 3.97. The topological polar surface area (TPSA) is 81.4 Å². The number of aromatic nitrogens is 1. The van der Waals surface area contributed by atoms with E-state index in [2.05, 4.69) is 15.3 Å². The summed E-state index contributed by atoms with van der Waals surface area (Å²) in [7, 11) is 3.00. The number of aliphatic imine (C=N–C) groups is 1. The number of benzene rings is 1. The number of carbonyl (C=O) groups is 1. The van der Waals surface area contributed by atoms with Crippen LogP contribution in [0.25, 0.3) is 0 Å². The summed E-state index contributed by atoms with van der Waals surface area (Å²) in [6.45, 7) is 0. The number of carbonyl (C=O) groups excluding carboxylic acids is 1. The van der Waals surface area contributed by atoms with Gasteiger partial charge in [0.05, 0.1) is 34.8 Å². The average Bonchev–Trinajstić information content (AvgIpc) is 2.77. The number of rotatable bonds is 2. The Kier molecular flexibility index (Phi) is 4.57. The highest BCUT2D eigenvalue weighted by molar-refractivity contribution is 6.17. The first-order valence-electron chi connectivity index (χ1n) is 7.85. The van der Waals surface area contributed by atoms with Gasteiger partial charge < -0.3 is 10.2 Å². The Bertz CT molecular complexity index is 989. The van der Waals surface area contributed by atoms with Crippen molar-refractivity contribution in [1.29, 1.82) is 5.26 Å². The van der Waals surface area contributed by atoms with Crippen molar-refractivity contribution in [1.82, 2.24) is 4.98 Å². The van der Waals surface area contributed by atoms with E-state index >= 15 is 0 Å². The normalized spacial score (nSPS) is 13.8. The first kappa shape index (κ1) is 18.4. The highest BCUT2D eigenvalue weighted by Crippen LogP contribution is 2.42. The number of fused-ring (bicyclic) bond motifs is 1. The molecule has 0 saturated heterocycles. The summed E-state index contributed by atoms with van der Waals surface area (Å²) in [6, 6.07) is 7.15. The molecule has 6 nitrogen and oxygen atoms in total. The summed E-state index contributed by atoms with van der Waals surface area (Å²) in [5, 5.41) is 11.5. The lowest BCUT2D eigenvalue weighted by Gasteiger charge is -2.21. The fourth-order valence-corrected chi connectivity index (χ4v) is 2.74. The molecule has 0 bridgehead atoms. The van der Waals surface area contributed by atoms with Gasteiger partial charge in [-0.3, -0.25) is 9.79 Å². The smallest absolute Gasteiger partial charge is 0.377 e. The molecule has 0 radical (unpaired) electrons. The van der Waals surface area contributed by atoms with Crippen molar-refractivity contribution in [3.8, 4) is 6.07 Å². The largest absolute Gasteiger partial charge is 0.418 e. The molecule has 1 aromatic heterocycles. The molecule has 0 atom stereocenters. The molecular weight excluding hydrogens is 359 g/mol. The highest BCUT2D eigenvalue weighted by atomic mass is 19.4. The van der Waals surface area contributed by atoms with Crippen LogP contribution in [0.4, 0.5) is 30.2 Å². The second kappa shape index (κ2) is 6.72. The van der Waals surface area contributed by atoms with Gasteiger partial charge in [-0.05, 0) is 24.3 Å². The van der Waals surface area contributed by atoms with Crippen LogP contribution < -0.4 is 10.2 Å². The number of alkyl halides is 3. The first-order valence-corrected chi connectivity index (χ1v) is 7.85. The van der Waals surface area contributed by atoms with Crippen LogP contribution in [0.3, 0.4) is 0 Å². The Morgan fingerprint density at radius 1 is 1.26 bits per heavy atom. The number of pyridine rings is 1. The van der Waals surface area contributed by atoms with E-state index < -0.39 is 17.6 Å². The van der Waals surface area contributed by atoms with Gasteiger partial charge in [0.2, 0.25) is 5.91 Å². The Morgan fingerprint density at radius 2 is 2.00 bits per heavy atom.